The normalized spacial score (nSPS) is 30.6. The summed E-state index contributed by atoms with van der Waals surface area (Å²) < 4.78 is 13.2. The standard InChI is InChI=1S/C40H40ClN3O7/c1-24-13-11-18-28(41)34(24)43-22-12-21-40-33(37(47)44(36(40)38(43)48)29(23-45)26-14-5-3-6-15-26)32-30(51-40)19-9-10-20-31(46)42-25(2)35(50-39(32)49)27-16-7-4-8-17-27/h3-9,11-19,21,25,29-30,32-33,35-36,45H,10,20,22-23H2,1-2H3,(H,42,46)/b19-9-/t25-,29-,30-,32+,33+,35+,36-,40+/m1/s1. The number of aliphatic hydroxyl groups is 1. The number of benzene rings is 3. The summed E-state index contributed by atoms with van der Waals surface area (Å²) in [7, 11) is 0. The molecule has 0 radical (unpaired) electrons. The Labute approximate surface area is 301 Å². The fourth-order valence-electron chi connectivity index (χ4n) is 8.18. The van der Waals surface area contributed by atoms with E-state index in [0.717, 1.165) is 5.56 Å². The van der Waals surface area contributed by atoms with Gasteiger partial charge in [-0.05, 0) is 43.0 Å². The number of esters is 1. The number of cyclic esters (lactones) is 1. The maximum absolute atomic E-state index is 15.1. The van der Waals surface area contributed by atoms with Gasteiger partial charge in [-0.15, -0.1) is 0 Å². The summed E-state index contributed by atoms with van der Waals surface area (Å²) >= 11 is 6.71. The van der Waals surface area contributed by atoms with Crippen molar-refractivity contribution >= 4 is 41.0 Å². The van der Waals surface area contributed by atoms with E-state index >= 15 is 9.59 Å². The average molecular weight is 710 g/mol. The molecule has 264 valence electrons. The minimum Gasteiger partial charge on any atom is -0.455 e. The summed E-state index contributed by atoms with van der Waals surface area (Å²) in [6, 6.07) is 20.7. The number of hydrogen-bond acceptors (Lipinski definition) is 7. The fraction of sp³-hybridized carbons (Fsp3) is 0.350. The molecule has 8 atom stereocenters. The number of aryl methyl sites for hydroxylation is 1. The number of aliphatic hydroxyl groups excluding tert-OH is 1. The van der Waals surface area contributed by atoms with E-state index in [2.05, 4.69) is 5.32 Å². The van der Waals surface area contributed by atoms with Gasteiger partial charge < -0.3 is 29.7 Å². The van der Waals surface area contributed by atoms with E-state index in [1.54, 1.807) is 72.5 Å². The Hall–Kier alpha value is -4.77. The lowest BCUT2D eigenvalue weighted by Gasteiger charge is -2.39. The van der Waals surface area contributed by atoms with E-state index in [1.807, 2.05) is 49.4 Å². The van der Waals surface area contributed by atoms with Gasteiger partial charge in [-0.1, -0.05) is 109 Å². The summed E-state index contributed by atoms with van der Waals surface area (Å²) in [4.78, 5) is 60.6. The van der Waals surface area contributed by atoms with E-state index < -0.39 is 72.2 Å². The first-order valence-corrected chi connectivity index (χ1v) is 17.7. The molecule has 2 fully saturated rings. The van der Waals surface area contributed by atoms with Gasteiger partial charge in [-0.2, -0.15) is 0 Å². The number of ether oxygens (including phenoxy) is 2. The van der Waals surface area contributed by atoms with Crippen LogP contribution in [0.15, 0.2) is 103 Å². The predicted molar refractivity (Wildman–Crippen MR) is 190 cm³/mol. The van der Waals surface area contributed by atoms with Gasteiger partial charge in [0.15, 0.2) is 0 Å². The van der Waals surface area contributed by atoms with Crippen molar-refractivity contribution in [3.63, 3.8) is 0 Å². The highest BCUT2D eigenvalue weighted by Gasteiger charge is 2.73. The molecule has 10 nitrogen and oxygen atoms in total. The zero-order valence-corrected chi connectivity index (χ0v) is 29.1. The SMILES string of the molecule is Cc1cccc(Cl)c1N1CC=C[C@]23O[C@@H]4/C=C\CCC(=O)N[C@H](C)[C@@H](c5ccccc5)OC(=O)[C@@H]4[C@H]2C(=O)N([C@H](CO)c2ccccc2)[C@@H]3C1=O. The van der Waals surface area contributed by atoms with E-state index in [4.69, 9.17) is 21.1 Å². The van der Waals surface area contributed by atoms with Crippen LogP contribution in [0.1, 0.15) is 48.6 Å². The second-order valence-corrected chi connectivity index (χ2v) is 14.0. The Kier molecular flexibility index (Phi) is 9.58. The van der Waals surface area contributed by atoms with Gasteiger partial charge in [0.1, 0.15) is 23.7 Å². The smallest absolute Gasteiger partial charge is 0.313 e. The lowest BCUT2D eigenvalue weighted by molar-refractivity contribution is -0.161. The first kappa shape index (κ1) is 34.7. The quantitative estimate of drug-likeness (QED) is 0.282. The maximum atomic E-state index is 15.1. The van der Waals surface area contributed by atoms with Crippen molar-refractivity contribution in [3.05, 3.63) is 125 Å². The highest BCUT2D eigenvalue weighted by molar-refractivity contribution is 6.34. The van der Waals surface area contributed by atoms with Crippen LogP contribution in [0, 0.1) is 18.8 Å². The number of anilines is 1. The van der Waals surface area contributed by atoms with Crippen LogP contribution >= 0.6 is 11.6 Å². The van der Waals surface area contributed by atoms with Gasteiger partial charge in [0.05, 0.1) is 41.4 Å². The van der Waals surface area contributed by atoms with Crippen molar-refractivity contribution in [1.82, 2.24) is 10.2 Å². The average Bonchev–Trinajstić information content (AvgIpc) is 3.51. The number of halogens is 1. The molecular formula is C40H40ClN3O7. The van der Waals surface area contributed by atoms with Crippen LogP contribution in [0.3, 0.4) is 0 Å². The number of carbonyl (C=O) groups excluding carboxylic acids is 4. The zero-order chi connectivity index (χ0) is 35.9. The van der Waals surface area contributed by atoms with Crippen LogP contribution in [-0.2, 0) is 28.7 Å². The molecule has 51 heavy (non-hydrogen) atoms. The van der Waals surface area contributed by atoms with Gasteiger partial charge in [0.2, 0.25) is 11.8 Å². The monoisotopic (exact) mass is 709 g/mol. The number of likely N-dealkylation sites (tertiary alicyclic amines) is 1. The highest BCUT2D eigenvalue weighted by Crippen LogP contribution is 2.55. The third-order valence-electron chi connectivity index (χ3n) is 10.4. The Balaban J connectivity index is 1.38. The predicted octanol–water partition coefficient (Wildman–Crippen LogP) is 5.00. The van der Waals surface area contributed by atoms with Gasteiger partial charge in [-0.3, -0.25) is 19.2 Å². The Morgan fingerprint density at radius 3 is 2.39 bits per heavy atom. The number of fused-ring (bicyclic) bond motifs is 2. The fourth-order valence-corrected chi connectivity index (χ4v) is 8.50. The van der Waals surface area contributed by atoms with Crippen LogP contribution in [0.4, 0.5) is 5.69 Å². The molecule has 7 rings (SSSR count). The molecule has 11 heteroatoms. The number of carbonyl (C=O) groups is 4. The summed E-state index contributed by atoms with van der Waals surface area (Å²) in [5.41, 5.74) is 0.951. The van der Waals surface area contributed by atoms with Crippen LogP contribution in [0.2, 0.25) is 5.02 Å². The summed E-state index contributed by atoms with van der Waals surface area (Å²) in [5.74, 6) is -4.20. The van der Waals surface area contributed by atoms with Crippen molar-refractivity contribution in [3.8, 4) is 0 Å². The van der Waals surface area contributed by atoms with Gasteiger partial charge in [0, 0.05) is 13.0 Å². The molecule has 4 heterocycles. The van der Waals surface area contributed by atoms with Crippen molar-refractivity contribution in [2.45, 2.75) is 62.6 Å². The number of allylic oxidation sites excluding steroid dienone is 1. The number of nitrogens with zero attached hydrogens (tertiary/aromatic N) is 2. The Morgan fingerprint density at radius 2 is 1.69 bits per heavy atom. The molecule has 4 aliphatic rings. The van der Waals surface area contributed by atoms with Crippen LogP contribution in [0.5, 0.6) is 0 Å². The molecule has 0 aromatic heterocycles. The van der Waals surface area contributed by atoms with Crippen LogP contribution < -0.4 is 10.2 Å². The summed E-state index contributed by atoms with van der Waals surface area (Å²) in [6.45, 7) is 3.28. The van der Waals surface area contributed by atoms with Crippen molar-refractivity contribution < 1.29 is 33.8 Å². The minimum atomic E-state index is -1.61. The van der Waals surface area contributed by atoms with Gasteiger partial charge in [0.25, 0.3) is 5.91 Å². The second-order valence-electron chi connectivity index (χ2n) is 13.5. The molecule has 3 amide bonds. The molecule has 1 spiro atoms. The lowest BCUT2D eigenvalue weighted by atomic mass is 9.77. The van der Waals surface area contributed by atoms with E-state index in [0.29, 0.717) is 28.3 Å². The third-order valence-corrected chi connectivity index (χ3v) is 10.7. The molecule has 0 unspecified atom stereocenters. The molecule has 0 saturated carbocycles. The van der Waals surface area contributed by atoms with Crippen molar-refractivity contribution in [2.75, 3.05) is 18.1 Å². The summed E-state index contributed by atoms with van der Waals surface area (Å²) in [5, 5.41) is 14.2. The number of amides is 3. The summed E-state index contributed by atoms with van der Waals surface area (Å²) in [6.07, 6.45) is 5.71. The maximum Gasteiger partial charge on any atom is 0.313 e. The van der Waals surface area contributed by atoms with Crippen molar-refractivity contribution in [2.24, 2.45) is 11.8 Å². The first-order valence-electron chi connectivity index (χ1n) is 17.3. The third kappa shape index (κ3) is 6.05. The highest BCUT2D eigenvalue weighted by atomic mass is 35.5. The first-order chi connectivity index (χ1) is 24.7. The van der Waals surface area contributed by atoms with Crippen molar-refractivity contribution in [1.29, 1.82) is 0 Å². The van der Waals surface area contributed by atoms with Crippen LogP contribution in [0.25, 0.3) is 0 Å². The topological polar surface area (TPSA) is 125 Å². The Bertz CT molecular complexity index is 1860. The molecule has 3 aromatic rings. The lowest BCUT2D eigenvalue weighted by Crippen LogP contribution is -2.56. The Morgan fingerprint density at radius 1 is 0.961 bits per heavy atom. The largest absolute Gasteiger partial charge is 0.455 e. The molecule has 4 aliphatic heterocycles. The number of para-hydroxylation sites is 1. The number of nitrogens with one attached hydrogen (secondary N) is 1. The molecule has 2 saturated heterocycles. The van der Waals surface area contributed by atoms with E-state index in [1.165, 1.54) is 4.90 Å². The molecule has 0 aliphatic carbocycles. The second kappa shape index (κ2) is 14.1. The zero-order valence-electron chi connectivity index (χ0n) is 28.4. The molecule has 2 N–H and O–H groups in total. The minimum absolute atomic E-state index is 0.131. The number of rotatable bonds is 5. The molecule has 0 bridgehead atoms. The molecular weight excluding hydrogens is 670 g/mol. The van der Waals surface area contributed by atoms with Gasteiger partial charge >= 0.3 is 5.97 Å². The van der Waals surface area contributed by atoms with E-state index in [9.17, 15) is 14.7 Å². The van der Waals surface area contributed by atoms with Crippen LogP contribution in [-0.4, -0.2) is 70.6 Å². The number of hydrogen-bond donors (Lipinski definition) is 2. The van der Waals surface area contributed by atoms with Gasteiger partial charge in [-0.25, -0.2) is 0 Å². The van der Waals surface area contributed by atoms with E-state index in [-0.39, 0.29) is 18.9 Å². The molecule has 3 aromatic carbocycles.